The van der Waals surface area contributed by atoms with E-state index >= 15 is 0 Å². The topological polar surface area (TPSA) is 79.6 Å². The lowest BCUT2D eigenvalue weighted by molar-refractivity contribution is -0.389. The highest BCUT2D eigenvalue weighted by Gasteiger charge is 2.29. The maximum Gasteiger partial charge on any atom is 0.363 e. The number of anilines is 1. The molecule has 2 heterocycles. The molecule has 1 saturated heterocycles. The Morgan fingerprint density at radius 2 is 1.86 bits per heavy atom. The number of nitrogens with zero attached hydrogens (tertiary/aromatic N) is 4. The number of hydrogen-bond donors (Lipinski definition) is 0. The van der Waals surface area contributed by atoms with Gasteiger partial charge in [0.25, 0.3) is 0 Å². The first-order valence-electron chi connectivity index (χ1n) is 6.94. The first kappa shape index (κ1) is 15.2. The van der Waals surface area contributed by atoms with Gasteiger partial charge in [-0.2, -0.15) is 0 Å². The Morgan fingerprint density at radius 1 is 1.24 bits per heavy atom. The van der Waals surface area contributed by atoms with Crippen molar-refractivity contribution in [2.24, 2.45) is 5.41 Å². The van der Waals surface area contributed by atoms with Gasteiger partial charge in [0.1, 0.15) is 0 Å². The van der Waals surface area contributed by atoms with E-state index in [0.717, 1.165) is 5.69 Å². The van der Waals surface area contributed by atoms with E-state index < -0.39 is 4.92 Å². The first-order chi connectivity index (χ1) is 9.79. The molecule has 21 heavy (non-hydrogen) atoms. The van der Waals surface area contributed by atoms with Crippen LogP contribution in [-0.2, 0) is 4.79 Å². The summed E-state index contributed by atoms with van der Waals surface area (Å²) in [5, 5.41) is 10.6. The highest BCUT2D eigenvalue weighted by molar-refractivity contribution is 5.81. The number of piperazine rings is 1. The SMILES string of the molecule is CC(C)(C)C(=O)N1CCN(c2ccc([N+](=O)[O-])nc2)CC1. The Hall–Kier alpha value is -2.18. The number of rotatable bonds is 2. The van der Waals surface area contributed by atoms with E-state index in [1.807, 2.05) is 25.7 Å². The van der Waals surface area contributed by atoms with Gasteiger partial charge in [-0.3, -0.25) is 4.79 Å². The molecular formula is C14H20N4O3. The van der Waals surface area contributed by atoms with E-state index in [-0.39, 0.29) is 17.1 Å². The smallest absolute Gasteiger partial charge is 0.363 e. The normalized spacial score (nSPS) is 16.0. The summed E-state index contributed by atoms with van der Waals surface area (Å²) in [4.78, 5) is 30.1. The van der Waals surface area contributed by atoms with Crippen molar-refractivity contribution < 1.29 is 9.72 Å². The summed E-state index contributed by atoms with van der Waals surface area (Å²) < 4.78 is 0. The van der Waals surface area contributed by atoms with Crippen LogP contribution in [0.25, 0.3) is 0 Å². The molecule has 1 aliphatic rings. The van der Waals surface area contributed by atoms with Crippen LogP contribution in [0.5, 0.6) is 0 Å². The van der Waals surface area contributed by atoms with Crippen LogP contribution < -0.4 is 4.90 Å². The standard InChI is InChI=1S/C14H20N4O3/c1-14(2,3)13(19)17-8-6-16(7-9-17)11-4-5-12(15-10-11)18(20)21/h4-5,10H,6-9H2,1-3H3. The van der Waals surface area contributed by atoms with E-state index in [2.05, 4.69) is 9.88 Å². The lowest BCUT2D eigenvalue weighted by atomic mass is 9.94. The van der Waals surface area contributed by atoms with Crippen LogP contribution in [0.3, 0.4) is 0 Å². The van der Waals surface area contributed by atoms with Gasteiger partial charge in [-0.1, -0.05) is 20.8 Å². The Balaban J connectivity index is 1.98. The fourth-order valence-electron chi connectivity index (χ4n) is 2.32. The van der Waals surface area contributed by atoms with Crippen molar-refractivity contribution in [1.82, 2.24) is 9.88 Å². The number of nitro groups is 1. The third-order valence-electron chi connectivity index (χ3n) is 3.49. The quantitative estimate of drug-likeness (QED) is 0.612. The fraction of sp³-hybridized carbons (Fsp3) is 0.571. The average molecular weight is 292 g/mol. The van der Waals surface area contributed by atoms with E-state index in [9.17, 15) is 14.9 Å². The average Bonchev–Trinajstić information content (AvgIpc) is 2.46. The van der Waals surface area contributed by atoms with Gasteiger partial charge in [0.2, 0.25) is 5.91 Å². The first-order valence-corrected chi connectivity index (χ1v) is 6.94. The van der Waals surface area contributed by atoms with Crippen LogP contribution >= 0.6 is 0 Å². The van der Waals surface area contributed by atoms with Gasteiger partial charge in [0.05, 0.1) is 5.69 Å². The Bertz CT molecular complexity index is 528. The van der Waals surface area contributed by atoms with Gasteiger partial charge >= 0.3 is 5.82 Å². The number of aromatic nitrogens is 1. The summed E-state index contributed by atoms with van der Waals surface area (Å²) >= 11 is 0. The molecule has 7 heteroatoms. The summed E-state index contributed by atoms with van der Waals surface area (Å²) in [6.45, 7) is 8.49. The molecule has 0 N–H and O–H groups in total. The molecule has 7 nitrogen and oxygen atoms in total. The molecule has 0 bridgehead atoms. The van der Waals surface area contributed by atoms with Gasteiger partial charge in [0.15, 0.2) is 6.20 Å². The number of hydrogen-bond acceptors (Lipinski definition) is 5. The largest absolute Gasteiger partial charge is 0.365 e. The third kappa shape index (κ3) is 3.48. The minimum atomic E-state index is -0.510. The zero-order valence-corrected chi connectivity index (χ0v) is 12.6. The number of amides is 1. The van der Waals surface area contributed by atoms with Gasteiger partial charge in [-0.05, 0) is 16.0 Å². The molecule has 0 spiro atoms. The summed E-state index contributed by atoms with van der Waals surface area (Å²) in [7, 11) is 0. The van der Waals surface area contributed by atoms with Crippen LogP contribution in [0, 0.1) is 15.5 Å². The second-order valence-electron chi connectivity index (χ2n) is 6.16. The molecule has 0 radical (unpaired) electrons. The Kier molecular flexibility index (Phi) is 4.11. The highest BCUT2D eigenvalue weighted by atomic mass is 16.6. The Labute approximate surface area is 123 Å². The maximum absolute atomic E-state index is 12.2. The number of pyridine rings is 1. The van der Waals surface area contributed by atoms with E-state index in [1.54, 1.807) is 6.07 Å². The zero-order valence-electron chi connectivity index (χ0n) is 12.6. The van der Waals surface area contributed by atoms with Crippen molar-refractivity contribution >= 4 is 17.4 Å². The van der Waals surface area contributed by atoms with Gasteiger partial charge < -0.3 is 19.9 Å². The van der Waals surface area contributed by atoms with E-state index in [4.69, 9.17) is 0 Å². The van der Waals surface area contributed by atoms with Gasteiger partial charge in [0, 0.05) is 37.7 Å². The number of carbonyl (C=O) groups excluding carboxylic acids is 1. The van der Waals surface area contributed by atoms with Crippen molar-refractivity contribution in [2.75, 3.05) is 31.1 Å². The number of carbonyl (C=O) groups is 1. The van der Waals surface area contributed by atoms with Crippen molar-refractivity contribution in [3.63, 3.8) is 0 Å². The summed E-state index contributed by atoms with van der Waals surface area (Å²) in [5.74, 6) is 0.00395. The predicted octanol–water partition coefficient (Wildman–Crippen LogP) is 1.68. The second-order valence-corrected chi connectivity index (χ2v) is 6.16. The molecule has 1 aliphatic heterocycles. The molecule has 2 rings (SSSR count). The molecule has 0 atom stereocenters. The lowest BCUT2D eigenvalue weighted by Gasteiger charge is -2.38. The molecule has 1 aromatic heterocycles. The van der Waals surface area contributed by atoms with Crippen LogP contribution in [-0.4, -0.2) is 46.9 Å². The molecule has 1 amide bonds. The second kappa shape index (κ2) is 5.67. The molecule has 1 fully saturated rings. The summed E-state index contributed by atoms with van der Waals surface area (Å²) in [5.41, 5.74) is 0.486. The molecule has 0 unspecified atom stereocenters. The summed E-state index contributed by atoms with van der Waals surface area (Å²) in [6.07, 6.45) is 1.51. The highest BCUT2D eigenvalue weighted by Crippen LogP contribution is 2.21. The molecule has 0 aliphatic carbocycles. The minimum absolute atomic E-state index is 0.153. The molecule has 114 valence electrons. The van der Waals surface area contributed by atoms with Crippen molar-refractivity contribution in [2.45, 2.75) is 20.8 Å². The summed E-state index contributed by atoms with van der Waals surface area (Å²) in [6, 6.07) is 3.11. The van der Waals surface area contributed by atoms with Crippen LogP contribution in [0.15, 0.2) is 18.3 Å². The zero-order chi connectivity index (χ0) is 15.6. The van der Waals surface area contributed by atoms with Crippen LogP contribution in [0.4, 0.5) is 11.5 Å². The third-order valence-corrected chi connectivity index (χ3v) is 3.49. The van der Waals surface area contributed by atoms with E-state index in [0.29, 0.717) is 26.2 Å². The minimum Gasteiger partial charge on any atom is -0.365 e. The van der Waals surface area contributed by atoms with Crippen molar-refractivity contribution in [3.8, 4) is 0 Å². The van der Waals surface area contributed by atoms with Gasteiger partial charge in [-0.15, -0.1) is 0 Å². The maximum atomic E-state index is 12.2. The molecule has 1 aromatic rings. The molecule has 0 saturated carbocycles. The van der Waals surface area contributed by atoms with Crippen molar-refractivity contribution in [3.05, 3.63) is 28.4 Å². The molecular weight excluding hydrogens is 272 g/mol. The van der Waals surface area contributed by atoms with Crippen LogP contribution in [0.2, 0.25) is 0 Å². The molecule has 0 aromatic carbocycles. The predicted molar refractivity (Wildman–Crippen MR) is 79.1 cm³/mol. The monoisotopic (exact) mass is 292 g/mol. The fourth-order valence-corrected chi connectivity index (χ4v) is 2.32. The van der Waals surface area contributed by atoms with Crippen molar-refractivity contribution in [1.29, 1.82) is 0 Å². The lowest BCUT2D eigenvalue weighted by Crippen LogP contribution is -2.51. The van der Waals surface area contributed by atoms with Gasteiger partial charge in [-0.25, -0.2) is 0 Å². The Morgan fingerprint density at radius 3 is 2.29 bits per heavy atom. The van der Waals surface area contributed by atoms with Crippen LogP contribution in [0.1, 0.15) is 20.8 Å². The van der Waals surface area contributed by atoms with E-state index in [1.165, 1.54) is 12.3 Å².